The molecule has 98 valence electrons. The van der Waals surface area contributed by atoms with Crippen LogP contribution in [0.15, 0.2) is 30.6 Å². The quantitative estimate of drug-likeness (QED) is 0.855. The number of halogens is 1. The Balaban J connectivity index is 1.81. The summed E-state index contributed by atoms with van der Waals surface area (Å²) in [5, 5.41) is 0. The molecule has 0 spiro atoms. The van der Waals surface area contributed by atoms with E-state index >= 15 is 0 Å². The monoisotopic (exact) mass is 294 g/mol. The summed E-state index contributed by atoms with van der Waals surface area (Å²) in [7, 11) is 0. The number of thiophene rings is 1. The molecule has 4 nitrogen and oxygen atoms in total. The average molecular weight is 295 g/mol. The Labute approximate surface area is 119 Å². The van der Waals surface area contributed by atoms with E-state index in [2.05, 4.69) is 4.98 Å². The molecule has 1 amide bonds. The van der Waals surface area contributed by atoms with Crippen LogP contribution in [0.3, 0.4) is 0 Å². The highest BCUT2D eigenvalue weighted by Gasteiger charge is 2.24. The second-order valence-corrected chi connectivity index (χ2v) is 5.92. The number of amides is 1. The lowest BCUT2D eigenvalue weighted by Crippen LogP contribution is -2.38. The second-order valence-electron chi connectivity index (χ2n) is 4.12. The van der Waals surface area contributed by atoms with E-state index in [4.69, 9.17) is 16.3 Å². The maximum atomic E-state index is 12.3. The van der Waals surface area contributed by atoms with Crippen LogP contribution in [0, 0.1) is 0 Å². The van der Waals surface area contributed by atoms with Gasteiger partial charge in [0, 0.05) is 17.1 Å². The maximum absolute atomic E-state index is 12.3. The number of anilines is 1. The van der Waals surface area contributed by atoms with Gasteiger partial charge in [-0.15, -0.1) is 11.3 Å². The lowest BCUT2D eigenvalue weighted by Gasteiger charge is -2.28. The van der Waals surface area contributed by atoms with Crippen molar-refractivity contribution in [3.05, 3.63) is 39.8 Å². The first kappa shape index (κ1) is 12.4. The molecule has 0 atom stereocenters. The number of fused-ring (bicyclic) bond motifs is 1. The fourth-order valence-corrected chi connectivity index (χ4v) is 3.09. The van der Waals surface area contributed by atoms with Crippen LogP contribution in [0.25, 0.3) is 0 Å². The van der Waals surface area contributed by atoms with Gasteiger partial charge in [0.1, 0.15) is 18.0 Å². The third-order valence-corrected chi connectivity index (χ3v) is 4.11. The standard InChI is InChI=1S/C13H11ClN2O2S/c14-12-2-1-9(19-12)7-13(17)16-5-6-18-11-3-4-15-8-10(11)16/h1-4,8H,5-7H2. The molecule has 2 aromatic heterocycles. The fourth-order valence-electron chi connectivity index (χ4n) is 2.02. The highest BCUT2D eigenvalue weighted by atomic mass is 35.5. The van der Waals surface area contributed by atoms with Gasteiger partial charge in [0.05, 0.1) is 23.5 Å². The summed E-state index contributed by atoms with van der Waals surface area (Å²) in [4.78, 5) is 19.1. The van der Waals surface area contributed by atoms with E-state index in [0.29, 0.717) is 29.7 Å². The van der Waals surface area contributed by atoms with Crippen LogP contribution in [-0.2, 0) is 11.2 Å². The highest BCUT2D eigenvalue weighted by molar-refractivity contribution is 7.16. The van der Waals surface area contributed by atoms with Gasteiger partial charge in [0.15, 0.2) is 0 Å². The summed E-state index contributed by atoms with van der Waals surface area (Å²) in [6.07, 6.45) is 3.67. The fraction of sp³-hybridized carbons (Fsp3) is 0.231. The van der Waals surface area contributed by atoms with Gasteiger partial charge in [-0.1, -0.05) is 11.6 Å². The number of carbonyl (C=O) groups is 1. The summed E-state index contributed by atoms with van der Waals surface area (Å²) in [5.74, 6) is 0.745. The molecule has 0 bridgehead atoms. The third kappa shape index (κ3) is 2.57. The maximum Gasteiger partial charge on any atom is 0.232 e. The van der Waals surface area contributed by atoms with E-state index in [1.165, 1.54) is 11.3 Å². The Hall–Kier alpha value is -1.59. The summed E-state index contributed by atoms with van der Waals surface area (Å²) in [6.45, 7) is 1.06. The van der Waals surface area contributed by atoms with Crippen LogP contribution in [0.1, 0.15) is 4.88 Å². The zero-order chi connectivity index (χ0) is 13.2. The summed E-state index contributed by atoms with van der Waals surface area (Å²) in [6, 6.07) is 5.47. The molecule has 0 fully saturated rings. The SMILES string of the molecule is O=C(Cc1ccc(Cl)s1)N1CCOc2ccncc21. The predicted octanol–water partition coefficient (Wildman–Crippen LogP) is 2.76. The van der Waals surface area contributed by atoms with Crippen molar-refractivity contribution in [3.63, 3.8) is 0 Å². The first-order chi connectivity index (χ1) is 9.24. The molecule has 0 saturated heterocycles. The molecular weight excluding hydrogens is 284 g/mol. The van der Waals surface area contributed by atoms with E-state index in [1.807, 2.05) is 12.1 Å². The van der Waals surface area contributed by atoms with Gasteiger partial charge >= 0.3 is 0 Å². The minimum Gasteiger partial charge on any atom is -0.489 e. The lowest BCUT2D eigenvalue weighted by atomic mass is 10.2. The molecule has 19 heavy (non-hydrogen) atoms. The zero-order valence-corrected chi connectivity index (χ0v) is 11.6. The van der Waals surface area contributed by atoms with Crippen molar-refractivity contribution in [1.82, 2.24) is 4.98 Å². The molecule has 3 rings (SSSR count). The van der Waals surface area contributed by atoms with E-state index < -0.39 is 0 Å². The molecule has 1 aliphatic rings. The Bertz CT molecular complexity index is 614. The van der Waals surface area contributed by atoms with Crippen LogP contribution < -0.4 is 9.64 Å². The van der Waals surface area contributed by atoms with Crippen LogP contribution in [0.5, 0.6) is 5.75 Å². The number of carbonyl (C=O) groups excluding carboxylic acids is 1. The molecule has 3 heterocycles. The van der Waals surface area contributed by atoms with Gasteiger partial charge in [-0.25, -0.2) is 0 Å². The number of aromatic nitrogens is 1. The predicted molar refractivity (Wildman–Crippen MR) is 75.1 cm³/mol. The van der Waals surface area contributed by atoms with Gasteiger partial charge in [0.25, 0.3) is 0 Å². The largest absolute Gasteiger partial charge is 0.489 e. The molecule has 0 N–H and O–H groups in total. The minimum atomic E-state index is 0.0380. The van der Waals surface area contributed by atoms with Crippen molar-refractivity contribution in [2.24, 2.45) is 0 Å². The molecule has 2 aromatic rings. The van der Waals surface area contributed by atoms with Gasteiger partial charge in [-0.2, -0.15) is 0 Å². The Morgan fingerprint density at radius 1 is 1.47 bits per heavy atom. The first-order valence-electron chi connectivity index (χ1n) is 5.85. The Kier molecular flexibility index (Phi) is 3.40. The smallest absolute Gasteiger partial charge is 0.232 e. The normalized spacial score (nSPS) is 13.8. The first-order valence-corrected chi connectivity index (χ1v) is 7.05. The summed E-state index contributed by atoms with van der Waals surface area (Å²) < 4.78 is 6.21. The van der Waals surface area contributed by atoms with Gasteiger partial charge < -0.3 is 9.64 Å². The summed E-state index contributed by atoms with van der Waals surface area (Å²) in [5.41, 5.74) is 0.737. The average Bonchev–Trinajstić information content (AvgIpc) is 2.83. The number of ether oxygens (including phenoxy) is 1. The van der Waals surface area contributed by atoms with E-state index in [0.717, 1.165) is 10.6 Å². The van der Waals surface area contributed by atoms with Gasteiger partial charge in [-0.05, 0) is 12.1 Å². The van der Waals surface area contributed by atoms with E-state index in [-0.39, 0.29) is 5.91 Å². The molecule has 0 aromatic carbocycles. The number of rotatable bonds is 2. The zero-order valence-electron chi connectivity index (χ0n) is 10.0. The van der Waals surface area contributed by atoms with Crippen LogP contribution >= 0.6 is 22.9 Å². The summed E-state index contributed by atoms with van der Waals surface area (Å²) >= 11 is 7.31. The van der Waals surface area contributed by atoms with Crippen molar-refractivity contribution in [2.75, 3.05) is 18.1 Å². The molecule has 0 aliphatic carbocycles. The molecule has 6 heteroatoms. The molecule has 0 unspecified atom stereocenters. The topological polar surface area (TPSA) is 42.4 Å². The van der Waals surface area contributed by atoms with Gasteiger partial charge in [-0.3, -0.25) is 9.78 Å². The van der Waals surface area contributed by atoms with Crippen LogP contribution in [-0.4, -0.2) is 24.0 Å². The van der Waals surface area contributed by atoms with Crippen LogP contribution in [0.2, 0.25) is 4.34 Å². The number of hydrogen-bond donors (Lipinski definition) is 0. The van der Waals surface area contributed by atoms with Crippen molar-refractivity contribution in [3.8, 4) is 5.75 Å². The number of hydrogen-bond acceptors (Lipinski definition) is 4. The van der Waals surface area contributed by atoms with Crippen molar-refractivity contribution < 1.29 is 9.53 Å². The van der Waals surface area contributed by atoms with E-state index in [1.54, 1.807) is 23.4 Å². The molecule has 0 saturated carbocycles. The second kappa shape index (κ2) is 5.19. The van der Waals surface area contributed by atoms with Gasteiger partial charge in [0.2, 0.25) is 5.91 Å². The Morgan fingerprint density at radius 3 is 3.16 bits per heavy atom. The molecular formula is C13H11ClN2O2S. The lowest BCUT2D eigenvalue weighted by molar-refractivity contribution is -0.118. The Morgan fingerprint density at radius 2 is 2.37 bits per heavy atom. The van der Waals surface area contributed by atoms with Crippen molar-refractivity contribution >= 4 is 34.5 Å². The van der Waals surface area contributed by atoms with Crippen LogP contribution in [0.4, 0.5) is 5.69 Å². The minimum absolute atomic E-state index is 0.0380. The highest BCUT2D eigenvalue weighted by Crippen LogP contribution is 2.31. The molecule has 1 aliphatic heterocycles. The number of nitrogens with zero attached hydrogens (tertiary/aromatic N) is 2. The van der Waals surface area contributed by atoms with Crippen molar-refractivity contribution in [2.45, 2.75) is 6.42 Å². The molecule has 0 radical (unpaired) electrons. The van der Waals surface area contributed by atoms with Crippen molar-refractivity contribution in [1.29, 1.82) is 0 Å². The number of pyridine rings is 1. The third-order valence-electron chi connectivity index (χ3n) is 2.88. The van der Waals surface area contributed by atoms with E-state index in [9.17, 15) is 4.79 Å².